The van der Waals surface area contributed by atoms with Crippen molar-refractivity contribution in [2.24, 2.45) is 0 Å². The topological polar surface area (TPSA) is 98.6 Å². The Morgan fingerprint density at radius 1 is 1.15 bits per heavy atom. The summed E-state index contributed by atoms with van der Waals surface area (Å²) in [5.41, 5.74) is 7.60. The molecule has 3 heterocycles. The third-order valence-electron chi connectivity index (χ3n) is 4.66. The predicted octanol–water partition coefficient (Wildman–Crippen LogP) is 5.62. The standard InChI is InChI=1S/C23H22Cl2N6O2/c1-23(2,3)33-22(32)30(13-15-4-6-16(24)10-17(15)25)21-11-18(14-5-7-19(26)27-12-14)29-20-8-9-28-31(20)21/h4-12H,13H2,1-3H3,(H2,26,27). The van der Waals surface area contributed by atoms with Crippen LogP contribution in [0.25, 0.3) is 16.9 Å². The summed E-state index contributed by atoms with van der Waals surface area (Å²) in [5, 5.41) is 5.30. The third kappa shape index (κ3) is 5.18. The number of rotatable bonds is 4. The Balaban J connectivity index is 1.86. The van der Waals surface area contributed by atoms with Gasteiger partial charge in [0.05, 0.1) is 18.4 Å². The molecule has 4 rings (SSSR count). The van der Waals surface area contributed by atoms with E-state index < -0.39 is 11.7 Å². The maximum atomic E-state index is 13.3. The summed E-state index contributed by atoms with van der Waals surface area (Å²) >= 11 is 12.5. The van der Waals surface area contributed by atoms with Crippen molar-refractivity contribution < 1.29 is 9.53 Å². The molecule has 0 fully saturated rings. The van der Waals surface area contributed by atoms with Crippen molar-refractivity contribution in [3.63, 3.8) is 0 Å². The van der Waals surface area contributed by atoms with E-state index in [1.807, 2.05) is 6.07 Å². The highest BCUT2D eigenvalue weighted by molar-refractivity contribution is 6.35. The molecular weight excluding hydrogens is 463 g/mol. The first-order chi connectivity index (χ1) is 15.6. The molecule has 0 aliphatic rings. The van der Waals surface area contributed by atoms with E-state index in [1.165, 1.54) is 4.90 Å². The van der Waals surface area contributed by atoms with Crippen LogP contribution in [0, 0.1) is 0 Å². The van der Waals surface area contributed by atoms with Crippen LogP contribution in [0.5, 0.6) is 0 Å². The lowest BCUT2D eigenvalue weighted by atomic mass is 10.1. The quantitative estimate of drug-likeness (QED) is 0.403. The van der Waals surface area contributed by atoms with Crippen LogP contribution >= 0.6 is 23.2 Å². The van der Waals surface area contributed by atoms with E-state index in [0.717, 1.165) is 5.56 Å². The van der Waals surface area contributed by atoms with Crippen molar-refractivity contribution in [2.75, 3.05) is 10.6 Å². The molecule has 0 radical (unpaired) electrons. The summed E-state index contributed by atoms with van der Waals surface area (Å²) in [6.45, 7) is 5.54. The van der Waals surface area contributed by atoms with E-state index in [9.17, 15) is 4.79 Å². The fraction of sp³-hybridized carbons (Fsp3) is 0.217. The SMILES string of the molecule is CC(C)(C)OC(=O)N(Cc1ccc(Cl)cc1Cl)c1cc(-c2ccc(N)nc2)nc2ccnn12. The minimum Gasteiger partial charge on any atom is -0.443 e. The van der Waals surface area contributed by atoms with Crippen molar-refractivity contribution in [1.82, 2.24) is 19.6 Å². The lowest BCUT2D eigenvalue weighted by Gasteiger charge is -2.28. The zero-order chi connectivity index (χ0) is 23.8. The van der Waals surface area contributed by atoms with E-state index in [4.69, 9.17) is 33.7 Å². The average Bonchev–Trinajstić information content (AvgIpc) is 3.21. The van der Waals surface area contributed by atoms with Gasteiger partial charge in [-0.05, 0) is 50.6 Å². The summed E-state index contributed by atoms with van der Waals surface area (Å²) < 4.78 is 7.28. The molecule has 1 amide bonds. The van der Waals surface area contributed by atoms with E-state index in [2.05, 4.69) is 15.1 Å². The second-order valence-corrected chi connectivity index (χ2v) is 9.22. The van der Waals surface area contributed by atoms with Gasteiger partial charge >= 0.3 is 6.09 Å². The number of hydrogen-bond acceptors (Lipinski definition) is 6. The van der Waals surface area contributed by atoms with Crippen molar-refractivity contribution in [3.8, 4) is 11.3 Å². The van der Waals surface area contributed by atoms with Gasteiger partial charge in [0, 0.05) is 33.9 Å². The fourth-order valence-electron chi connectivity index (χ4n) is 3.17. The van der Waals surface area contributed by atoms with Crippen LogP contribution in [-0.2, 0) is 11.3 Å². The monoisotopic (exact) mass is 484 g/mol. The van der Waals surface area contributed by atoms with Crippen LogP contribution < -0.4 is 10.6 Å². The van der Waals surface area contributed by atoms with Crippen LogP contribution in [0.2, 0.25) is 10.0 Å². The first-order valence-electron chi connectivity index (χ1n) is 10.1. The summed E-state index contributed by atoms with van der Waals surface area (Å²) in [4.78, 5) is 23.6. The van der Waals surface area contributed by atoms with Crippen LogP contribution in [0.4, 0.5) is 16.4 Å². The normalized spacial score (nSPS) is 11.5. The van der Waals surface area contributed by atoms with E-state index in [0.29, 0.717) is 38.6 Å². The maximum absolute atomic E-state index is 13.3. The summed E-state index contributed by atoms with van der Waals surface area (Å²) in [6.07, 6.45) is 2.68. The largest absolute Gasteiger partial charge is 0.443 e. The van der Waals surface area contributed by atoms with Gasteiger partial charge in [0.2, 0.25) is 0 Å². The first kappa shape index (κ1) is 22.8. The van der Waals surface area contributed by atoms with Gasteiger partial charge < -0.3 is 10.5 Å². The average molecular weight is 485 g/mol. The molecule has 0 aliphatic heterocycles. The zero-order valence-electron chi connectivity index (χ0n) is 18.3. The van der Waals surface area contributed by atoms with Gasteiger partial charge in [-0.3, -0.25) is 4.90 Å². The molecule has 0 aliphatic carbocycles. The van der Waals surface area contributed by atoms with Crippen molar-refractivity contribution >= 4 is 46.6 Å². The van der Waals surface area contributed by atoms with Gasteiger partial charge in [0.25, 0.3) is 0 Å². The molecule has 1 aromatic carbocycles. The highest BCUT2D eigenvalue weighted by atomic mass is 35.5. The number of nitrogens with two attached hydrogens (primary N) is 1. The zero-order valence-corrected chi connectivity index (χ0v) is 19.8. The number of nitrogens with zero attached hydrogens (tertiary/aromatic N) is 5. The van der Waals surface area contributed by atoms with Gasteiger partial charge in [0.15, 0.2) is 5.65 Å². The number of aromatic nitrogens is 4. The Morgan fingerprint density at radius 2 is 1.94 bits per heavy atom. The molecule has 33 heavy (non-hydrogen) atoms. The third-order valence-corrected chi connectivity index (χ3v) is 5.24. The second kappa shape index (κ2) is 8.88. The Morgan fingerprint density at radius 3 is 2.61 bits per heavy atom. The Kier molecular flexibility index (Phi) is 6.14. The van der Waals surface area contributed by atoms with E-state index in [-0.39, 0.29) is 6.54 Å². The molecule has 8 nitrogen and oxygen atoms in total. The number of ether oxygens (including phenoxy) is 1. The number of anilines is 2. The van der Waals surface area contributed by atoms with Crippen LogP contribution in [0.3, 0.4) is 0 Å². The van der Waals surface area contributed by atoms with Crippen LogP contribution in [0.1, 0.15) is 26.3 Å². The van der Waals surface area contributed by atoms with Gasteiger partial charge in [-0.1, -0.05) is 29.3 Å². The molecule has 170 valence electrons. The number of fused-ring (bicyclic) bond motifs is 1. The summed E-state index contributed by atoms with van der Waals surface area (Å²) in [7, 11) is 0. The number of benzene rings is 1. The lowest BCUT2D eigenvalue weighted by molar-refractivity contribution is 0.0575. The molecule has 0 bridgehead atoms. The number of amides is 1. The van der Waals surface area contributed by atoms with E-state index >= 15 is 0 Å². The van der Waals surface area contributed by atoms with Crippen LogP contribution in [0.15, 0.2) is 54.9 Å². The number of nitrogen functional groups attached to an aromatic ring is 1. The number of pyridine rings is 1. The highest BCUT2D eigenvalue weighted by Crippen LogP contribution is 2.29. The van der Waals surface area contributed by atoms with E-state index in [1.54, 1.807) is 74.1 Å². The molecule has 0 unspecified atom stereocenters. The first-order valence-corrected chi connectivity index (χ1v) is 10.9. The minimum absolute atomic E-state index is 0.128. The van der Waals surface area contributed by atoms with Gasteiger partial charge in [-0.25, -0.2) is 14.8 Å². The molecular formula is C23H22Cl2N6O2. The second-order valence-electron chi connectivity index (χ2n) is 8.37. The number of carbonyl (C=O) groups is 1. The van der Waals surface area contributed by atoms with Crippen molar-refractivity contribution in [2.45, 2.75) is 32.9 Å². The number of carbonyl (C=O) groups excluding carboxylic acids is 1. The molecule has 3 aromatic heterocycles. The molecule has 4 aromatic rings. The fourth-order valence-corrected chi connectivity index (χ4v) is 3.64. The van der Waals surface area contributed by atoms with Crippen LogP contribution in [-0.4, -0.2) is 31.3 Å². The molecule has 0 atom stereocenters. The maximum Gasteiger partial charge on any atom is 0.416 e. The van der Waals surface area contributed by atoms with Gasteiger partial charge in [-0.15, -0.1) is 0 Å². The number of halogens is 2. The summed E-state index contributed by atoms with van der Waals surface area (Å²) in [6, 6.07) is 12.1. The van der Waals surface area contributed by atoms with Gasteiger partial charge in [0.1, 0.15) is 17.2 Å². The smallest absolute Gasteiger partial charge is 0.416 e. The Labute approximate surface area is 200 Å². The predicted molar refractivity (Wildman–Crippen MR) is 130 cm³/mol. The Hall–Kier alpha value is -3.36. The molecule has 2 N–H and O–H groups in total. The van der Waals surface area contributed by atoms with Crippen molar-refractivity contribution in [3.05, 3.63) is 70.5 Å². The molecule has 0 saturated carbocycles. The lowest BCUT2D eigenvalue weighted by Crippen LogP contribution is -2.37. The molecule has 0 saturated heterocycles. The minimum atomic E-state index is -0.709. The molecule has 10 heteroatoms. The Bertz CT molecular complexity index is 1320. The number of hydrogen-bond donors (Lipinski definition) is 1. The van der Waals surface area contributed by atoms with Gasteiger partial charge in [-0.2, -0.15) is 9.61 Å². The summed E-state index contributed by atoms with van der Waals surface area (Å²) in [5.74, 6) is 0.856. The highest BCUT2D eigenvalue weighted by Gasteiger charge is 2.27. The molecule has 0 spiro atoms. The van der Waals surface area contributed by atoms with Crippen molar-refractivity contribution in [1.29, 1.82) is 0 Å².